The number of guanidine groups is 1. The molecule has 2 aromatic heterocycles. The smallest absolute Gasteiger partial charge is 0.186 e. The van der Waals surface area contributed by atoms with Gasteiger partial charge < -0.3 is 11.5 Å². The van der Waals surface area contributed by atoms with Gasteiger partial charge in [-0.3, -0.25) is 14.8 Å². The molecule has 3 aromatic rings. The molecule has 0 amide bonds. The maximum atomic E-state index is 12.9. The standard InChI is InChI=1S/C22H22ClN5O/c1-14-8-16(6-7-26-14)17-9-15(12-28-22(24)25)10-18(11-17)21(29)5-4-20-3-2-19(23)13-27-20/h2-3,6-11,13H,4-5,12H2,1H3,(H4,24,25,28). The molecule has 0 aliphatic carbocycles. The highest BCUT2D eigenvalue weighted by atomic mass is 35.5. The minimum absolute atomic E-state index is 0.0110. The Labute approximate surface area is 174 Å². The van der Waals surface area contributed by atoms with Gasteiger partial charge in [-0.15, -0.1) is 0 Å². The van der Waals surface area contributed by atoms with Gasteiger partial charge in [0.25, 0.3) is 0 Å². The fourth-order valence-corrected chi connectivity index (χ4v) is 3.07. The van der Waals surface area contributed by atoms with E-state index in [1.165, 1.54) is 0 Å². The number of ketones is 1. The van der Waals surface area contributed by atoms with Crippen LogP contribution in [0.2, 0.25) is 5.02 Å². The first kappa shape index (κ1) is 20.5. The van der Waals surface area contributed by atoms with Gasteiger partial charge in [0.15, 0.2) is 11.7 Å². The van der Waals surface area contributed by atoms with E-state index in [9.17, 15) is 4.79 Å². The van der Waals surface area contributed by atoms with Gasteiger partial charge in [-0.05, 0) is 72.5 Å². The lowest BCUT2D eigenvalue weighted by Gasteiger charge is -2.10. The molecule has 0 saturated carbocycles. The molecule has 0 unspecified atom stereocenters. The van der Waals surface area contributed by atoms with Gasteiger partial charge in [-0.2, -0.15) is 0 Å². The Morgan fingerprint density at radius 3 is 2.59 bits per heavy atom. The van der Waals surface area contributed by atoms with Gasteiger partial charge >= 0.3 is 0 Å². The van der Waals surface area contributed by atoms with Gasteiger partial charge in [0.05, 0.1) is 11.6 Å². The highest BCUT2D eigenvalue weighted by Gasteiger charge is 2.11. The fourth-order valence-electron chi connectivity index (χ4n) is 2.96. The molecule has 4 N–H and O–H groups in total. The van der Waals surface area contributed by atoms with E-state index in [4.69, 9.17) is 23.1 Å². The summed E-state index contributed by atoms with van der Waals surface area (Å²) in [6, 6.07) is 13.2. The number of Topliss-reactive ketones (excluding diaryl/α,β-unsaturated/α-hetero) is 1. The van der Waals surface area contributed by atoms with Gasteiger partial charge in [0.2, 0.25) is 0 Å². The van der Waals surface area contributed by atoms with E-state index in [1.807, 2.05) is 43.3 Å². The third-order valence-electron chi connectivity index (χ3n) is 4.39. The van der Waals surface area contributed by atoms with Crippen molar-refractivity contribution < 1.29 is 4.79 Å². The molecule has 0 aliphatic heterocycles. The molecule has 3 rings (SSSR count). The molecule has 0 bridgehead atoms. The van der Waals surface area contributed by atoms with Crippen LogP contribution in [0.25, 0.3) is 11.1 Å². The van der Waals surface area contributed by atoms with Crippen LogP contribution < -0.4 is 11.5 Å². The predicted octanol–water partition coefficient (Wildman–Crippen LogP) is 3.69. The number of aliphatic imine (C=N–C) groups is 1. The maximum absolute atomic E-state index is 12.9. The Hall–Kier alpha value is -3.25. The first-order chi connectivity index (χ1) is 13.9. The lowest BCUT2D eigenvalue weighted by molar-refractivity contribution is 0.0982. The molecule has 0 aliphatic rings. The third kappa shape index (κ3) is 5.86. The van der Waals surface area contributed by atoms with E-state index in [2.05, 4.69) is 15.0 Å². The second-order valence-corrected chi connectivity index (χ2v) is 7.17. The van der Waals surface area contributed by atoms with Crippen LogP contribution >= 0.6 is 11.6 Å². The van der Waals surface area contributed by atoms with Crippen LogP contribution in [0.5, 0.6) is 0 Å². The zero-order valence-corrected chi connectivity index (χ0v) is 16.9. The third-order valence-corrected chi connectivity index (χ3v) is 4.61. The number of carbonyl (C=O) groups excluding carboxylic acids is 1. The van der Waals surface area contributed by atoms with Gasteiger partial charge in [0, 0.05) is 35.8 Å². The van der Waals surface area contributed by atoms with Gasteiger partial charge in [-0.25, -0.2) is 4.99 Å². The van der Waals surface area contributed by atoms with Crippen molar-refractivity contribution in [2.24, 2.45) is 16.5 Å². The molecule has 1 aromatic carbocycles. The summed E-state index contributed by atoms with van der Waals surface area (Å²) < 4.78 is 0. The molecule has 0 spiro atoms. The molecule has 0 atom stereocenters. The topological polar surface area (TPSA) is 107 Å². The van der Waals surface area contributed by atoms with Crippen LogP contribution in [-0.2, 0) is 13.0 Å². The summed E-state index contributed by atoms with van der Waals surface area (Å²) >= 11 is 5.86. The van der Waals surface area contributed by atoms with Gasteiger partial charge in [-0.1, -0.05) is 11.6 Å². The molecule has 148 valence electrons. The minimum Gasteiger partial charge on any atom is -0.370 e. The second-order valence-electron chi connectivity index (χ2n) is 6.74. The molecule has 0 saturated heterocycles. The van der Waals surface area contributed by atoms with E-state index in [0.29, 0.717) is 30.0 Å². The summed E-state index contributed by atoms with van der Waals surface area (Å²) in [5.74, 6) is 0.0391. The number of aryl methyl sites for hydroxylation is 2. The zero-order chi connectivity index (χ0) is 20.8. The number of rotatable bonds is 7. The molecular formula is C22H22ClN5O. The van der Waals surface area contributed by atoms with Crippen LogP contribution in [-0.4, -0.2) is 21.7 Å². The van der Waals surface area contributed by atoms with Crippen molar-refractivity contribution in [3.8, 4) is 11.1 Å². The number of hydrogen-bond acceptors (Lipinski definition) is 4. The number of hydrogen-bond donors (Lipinski definition) is 2. The summed E-state index contributed by atoms with van der Waals surface area (Å²) in [6.07, 6.45) is 4.22. The quantitative estimate of drug-likeness (QED) is 0.353. The zero-order valence-electron chi connectivity index (χ0n) is 16.1. The molecule has 7 heteroatoms. The van der Waals surface area contributed by atoms with Crippen LogP contribution in [0.4, 0.5) is 0 Å². The first-order valence-corrected chi connectivity index (χ1v) is 9.54. The van der Waals surface area contributed by atoms with Crippen LogP contribution in [0, 0.1) is 6.92 Å². The van der Waals surface area contributed by atoms with E-state index < -0.39 is 0 Å². The van der Waals surface area contributed by atoms with Crippen molar-refractivity contribution in [3.63, 3.8) is 0 Å². The molecule has 0 fully saturated rings. The Kier molecular flexibility index (Phi) is 6.57. The normalized spacial score (nSPS) is 10.6. The van der Waals surface area contributed by atoms with E-state index in [0.717, 1.165) is 28.1 Å². The summed E-state index contributed by atoms with van der Waals surface area (Å²) in [5.41, 5.74) is 16.0. The van der Waals surface area contributed by atoms with Crippen molar-refractivity contribution in [1.82, 2.24) is 9.97 Å². The van der Waals surface area contributed by atoms with Crippen molar-refractivity contribution >= 4 is 23.3 Å². The molecule has 2 heterocycles. The highest BCUT2D eigenvalue weighted by Crippen LogP contribution is 2.24. The fraction of sp³-hybridized carbons (Fsp3) is 0.182. The van der Waals surface area contributed by atoms with Crippen molar-refractivity contribution in [3.05, 3.63) is 82.4 Å². The number of aromatic nitrogens is 2. The van der Waals surface area contributed by atoms with Crippen LogP contribution in [0.3, 0.4) is 0 Å². The number of nitrogens with two attached hydrogens (primary N) is 2. The van der Waals surface area contributed by atoms with E-state index in [1.54, 1.807) is 18.5 Å². The van der Waals surface area contributed by atoms with E-state index >= 15 is 0 Å². The average Bonchev–Trinajstić information content (AvgIpc) is 2.71. The molecule has 0 radical (unpaired) electrons. The molecule has 6 nitrogen and oxygen atoms in total. The number of nitrogens with zero attached hydrogens (tertiary/aromatic N) is 3. The second kappa shape index (κ2) is 9.30. The van der Waals surface area contributed by atoms with E-state index in [-0.39, 0.29) is 11.7 Å². The lowest BCUT2D eigenvalue weighted by Crippen LogP contribution is -2.22. The average molecular weight is 408 g/mol. The van der Waals surface area contributed by atoms with Gasteiger partial charge in [0.1, 0.15) is 0 Å². The van der Waals surface area contributed by atoms with Crippen molar-refractivity contribution in [2.45, 2.75) is 26.3 Å². The largest absolute Gasteiger partial charge is 0.370 e. The molecule has 29 heavy (non-hydrogen) atoms. The monoisotopic (exact) mass is 407 g/mol. The molecular weight excluding hydrogens is 386 g/mol. The highest BCUT2D eigenvalue weighted by molar-refractivity contribution is 6.30. The number of pyridine rings is 2. The summed E-state index contributed by atoms with van der Waals surface area (Å²) in [6.45, 7) is 2.23. The summed E-state index contributed by atoms with van der Waals surface area (Å²) in [7, 11) is 0. The first-order valence-electron chi connectivity index (χ1n) is 9.17. The predicted molar refractivity (Wildman–Crippen MR) is 116 cm³/mol. The number of benzene rings is 1. The Bertz CT molecular complexity index is 1040. The Balaban J connectivity index is 1.88. The minimum atomic E-state index is 0.0110. The Morgan fingerprint density at radius 2 is 1.90 bits per heavy atom. The van der Waals surface area contributed by atoms with Crippen molar-refractivity contribution in [2.75, 3.05) is 0 Å². The summed E-state index contributed by atoms with van der Waals surface area (Å²) in [4.78, 5) is 25.4. The SMILES string of the molecule is Cc1cc(-c2cc(CN=C(N)N)cc(C(=O)CCc3ccc(Cl)cn3)c2)ccn1. The Morgan fingerprint density at radius 1 is 1.07 bits per heavy atom. The maximum Gasteiger partial charge on any atom is 0.186 e. The summed E-state index contributed by atoms with van der Waals surface area (Å²) in [5, 5.41) is 0.574. The van der Waals surface area contributed by atoms with Crippen LogP contribution in [0.1, 0.15) is 33.7 Å². The van der Waals surface area contributed by atoms with Crippen molar-refractivity contribution in [1.29, 1.82) is 0 Å². The number of carbonyl (C=O) groups is 1. The number of halogens is 1. The lowest BCUT2D eigenvalue weighted by atomic mass is 9.96. The van der Waals surface area contributed by atoms with Crippen LogP contribution in [0.15, 0.2) is 59.9 Å².